The van der Waals surface area contributed by atoms with Gasteiger partial charge in [-0.2, -0.15) is 0 Å². The molecule has 22 heavy (non-hydrogen) atoms. The Bertz CT molecular complexity index is 388. The number of hydrogen-bond acceptors (Lipinski definition) is 4. The van der Waals surface area contributed by atoms with Crippen LogP contribution in [0.3, 0.4) is 0 Å². The van der Waals surface area contributed by atoms with Crippen LogP contribution in [0.5, 0.6) is 0 Å². The highest BCUT2D eigenvalue weighted by molar-refractivity contribution is 5.07. The van der Waals surface area contributed by atoms with Crippen LogP contribution in [0.2, 0.25) is 0 Å². The van der Waals surface area contributed by atoms with E-state index in [9.17, 15) is 0 Å². The molecule has 128 valence electrons. The zero-order valence-corrected chi connectivity index (χ0v) is 16.0. The minimum Gasteiger partial charge on any atom is -0.364 e. The van der Waals surface area contributed by atoms with Crippen LogP contribution >= 0.6 is 0 Å². The summed E-state index contributed by atoms with van der Waals surface area (Å²) in [6.07, 6.45) is 3.27. The first-order valence-corrected chi connectivity index (χ1v) is 8.03. The van der Waals surface area contributed by atoms with E-state index in [1.165, 1.54) is 0 Å². The van der Waals surface area contributed by atoms with Gasteiger partial charge in [0, 0.05) is 23.0 Å². The Balaban J connectivity index is 0. The third-order valence-electron chi connectivity index (χ3n) is 2.38. The predicted molar refractivity (Wildman–Crippen MR) is 93.1 cm³/mol. The zero-order chi connectivity index (χ0) is 17.8. The van der Waals surface area contributed by atoms with E-state index >= 15 is 0 Å². The normalized spacial score (nSPS) is 10.3. The van der Waals surface area contributed by atoms with Gasteiger partial charge in [-0.1, -0.05) is 79.6 Å². The second-order valence-corrected chi connectivity index (χ2v) is 6.26. The number of rotatable bonds is 0. The summed E-state index contributed by atoms with van der Waals surface area (Å²) in [7, 11) is 0. The highest BCUT2D eigenvalue weighted by Gasteiger charge is 2.17. The second kappa shape index (κ2) is 11.0. The fraction of sp³-hybridized carbons (Fsp3) is 0.667. The molecule has 0 amide bonds. The van der Waals surface area contributed by atoms with E-state index in [1.807, 2.05) is 39.8 Å². The molecule has 0 aliphatic rings. The van der Waals surface area contributed by atoms with Crippen LogP contribution < -0.4 is 0 Å². The Morgan fingerprint density at radius 1 is 0.818 bits per heavy atom. The van der Waals surface area contributed by atoms with Gasteiger partial charge in [0.05, 0.1) is 11.9 Å². The number of hydrogen-bond donors (Lipinski definition) is 0. The molecule has 0 aliphatic heterocycles. The van der Waals surface area contributed by atoms with Gasteiger partial charge in [0.15, 0.2) is 0 Å². The highest BCUT2D eigenvalue weighted by atomic mass is 16.5. The van der Waals surface area contributed by atoms with Gasteiger partial charge in [-0.15, -0.1) is 0 Å². The second-order valence-electron chi connectivity index (χ2n) is 6.26. The van der Waals surface area contributed by atoms with Crippen molar-refractivity contribution in [3.8, 4) is 0 Å². The fourth-order valence-electron chi connectivity index (χ4n) is 1.20. The summed E-state index contributed by atoms with van der Waals surface area (Å²) in [6, 6.07) is 3.78. The lowest BCUT2D eigenvalue weighted by atomic mass is 9.93. The first-order chi connectivity index (χ1) is 10.2. The van der Waals surface area contributed by atoms with Crippen LogP contribution in [0.25, 0.3) is 0 Å². The Hall–Kier alpha value is -1.58. The molecule has 4 heteroatoms. The van der Waals surface area contributed by atoms with Crippen molar-refractivity contribution < 1.29 is 9.05 Å². The molecule has 0 N–H and O–H groups in total. The van der Waals surface area contributed by atoms with Crippen molar-refractivity contribution in [2.45, 2.75) is 80.1 Å². The van der Waals surface area contributed by atoms with E-state index in [-0.39, 0.29) is 10.8 Å². The average Bonchev–Trinajstić information content (AvgIpc) is 3.16. The molecule has 0 radical (unpaired) electrons. The molecule has 2 aromatic rings. The summed E-state index contributed by atoms with van der Waals surface area (Å²) in [6.45, 7) is 20.6. The molecule has 0 fully saturated rings. The lowest BCUT2D eigenvalue weighted by Gasteiger charge is -2.12. The molecule has 2 rings (SSSR count). The topological polar surface area (TPSA) is 52.1 Å². The Morgan fingerprint density at radius 2 is 1.36 bits per heavy atom. The fourth-order valence-corrected chi connectivity index (χ4v) is 1.20. The zero-order valence-electron chi connectivity index (χ0n) is 16.0. The lowest BCUT2D eigenvalue weighted by Crippen LogP contribution is -2.10. The summed E-state index contributed by atoms with van der Waals surface area (Å²) in [4.78, 5) is 0. The molecule has 0 unspecified atom stereocenters. The largest absolute Gasteiger partial charge is 0.364 e. The number of nitrogens with zero attached hydrogens (tertiary/aromatic N) is 2. The summed E-state index contributed by atoms with van der Waals surface area (Å²) < 4.78 is 9.64. The van der Waals surface area contributed by atoms with Gasteiger partial charge in [0.2, 0.25) is 0 Å². The van der Waals surface area contributed by atoms with E-state index in [2.05, 4.69) is 51.9 Å². The average molecular weight is 310 g/mol. The molecule has 2 aromatic heterocycles. The molecule has 0 spiro atoms. The first-order valence-electron chi connectivity index (χ1n) is 8.03. The smallest absolute Gasteiger partial charge is 0.142 e. The summed E-state index contributed by atoms with van der Waals surface area (Å²) in [5, 5.41) is 7.43. The van der Waals surface area contributed by atoms with E-state index < -0.39 is 0 Å². The van der Waals surface area contributed by atoms with Gasteiger partial charge in [-0.25, -0.2) is 0 Å². The molecule has 0 bridgehead atoms. The first kappa shape index (κ1) is 22.7. The molecule has 0 aromatic carbocycles. The maximum atomic E-state index is 4.95. The van der Waals surface area contributed by atoms with Crippen molar-refractivity contribution in [1.82, 2.24) is 10.3 Å². The Labute approximate surface area is 136 Å². The molecule has 0 saturated heterocycles. The monoisotopic (exact) mass is 310 g/mol. The van der Waals surface area contributed by atoms with Gasteiger partial charge < -0.3 is 9.05 Å². The van der Waals surface area contributed by atoms with Gasteiger partial charge in [0.25, 0.3) is 0 Å². The molecule has 2 heterocycles. The summed E-state index contributed by atoms with van der Waals surface area (Å²) in [5.41, 5.74) is 1.21. The third-order valence-corrected chi connectivity index (χ3v) is 2.38. The van der Waals surface area contributed by atoms with E-state index in [4.69, 9.17) is 9.05 Å². The van der Waals surface area contributed by atoms with Gasteiger partial charge >= 0.3 is 0 Å². The molecular weight excluding hydrogens is 276 g/mol. The molecule has 0 saturated carbocycles. The Kier molecular flexibility index (Phi) is 11.4. The predicted octanol–water partition coefficient (Wildman–Crippen LogP) is 6.00. The van der Waals surface area contributed by atoms with Crippen molar-refractivity contribution in [2.75, 3.05) is 0 Å². The maximum Gasteiger partial charge on any atom is 0.142 e. The van der Waals surface area contributed by atoms with Crippen LogP contribution in [-0.4, -0.2) is 10.3 Å². The maximum absolute atomic E-state index is 4.95. The third kappa shape index (κ3) is 9.37. The van der Waals surface area contributed by atoms with Gasteiger partial charge in [-0.05, 0) is 0 Å². The summed E-state index contributed by atoms with van der Waals surface area (Å²) in [5.74, 6) is 0.933. The standard InChI is InChI=1S/2C7H11NO.2C2H6/c1-7(2,3)6-4-5-9-8-6;1-7(2,3)6-4-5-8-9-6;2*1-2/h2*4-5H,1-3H3;2*1-2H3. The van der Waals surface area contributed by atoms with E-state index in [1.54, 1.807) is 12.5 Å². The molecule has 0 aliphatic carbocycles. The van der Waals surface area contributed by atoms with Crippen LogP contribution in [0.15, 0.2) is 33.6 Å². The molecule has 0 atom stereocenters. The van der Waals surface area contributed by atoms with Gasteiger partial charge in [-0.3, -0.25) is 0 Å². The minimum absolute atomic E-state index is 0.0938. The van der Waals surface area contributed by atoms with Crippen molar-refractivity contribution in [1.29, 1.82) is 0 Å². The van der Waals surface area contributed by atoms with Crippen LogP contribution in [0, 0.1) is 0 Å². The van der Waals surface area contributed by atoms with E-state index in [0.29, 0.717) is 0 Å². The van der Waals surface area contributed by atoms with Crippen molar-refractivity contribution in [3.05, 3.63) is 36.0 Å². The quantitative estimate of drug-likeness (QED) is 0.599. The number of aromatic nitrogens is 2. The van der Waals surface area contributed by atoms with Crippen molar-refractivity contribution in [2.24, 2.45) is 0 Å². The highest BCUT2D eigenvalue weighted by Crippen LogP contribution is 2.20. The summed E-state index contributed by atoms with van der Waals surface area (Å²) >= 11 is 0. The van der Waals surface area contributed by atoms with E-state index in [0.717, 1.165) is 11.5 Å². The lowest BCUT2D eigenvalue weighted by molar-refractivity contribution is 0.329. The molecular formula is C18H34N2O2. The van der Waals surface area contributed by atoms with Crippen molar-refractivity contribution in [3.63, 3.8) is 0 Å². The van der Waals surface area contributed by atoms with Crippen molar-refractivity contribution >= 4 is 0 Å². The minimum atomic E-state index is 0.0938. The van der Waals surface area contributed by atoms with Crippen LogP contribution in [0.4, 0.5) is 0 Å². The van der Waals surface area contributed by atoms with Crippen LogP contribution in [-0.2, 0) is 10.8 Å². The van der Waals surface area contributed by atoms with Crippen LogP contribution in [0.1, 0.15) is 80.7 Å². The van der Waals surface area contributed by atoms with Gasteiger partial charge in [0.1, 0.15) is 12.0 Å². The molecule has 4 nitrogen and oxygen atoms in total. The SMILES string of the molecule is CC.CC.CC(C)(C)c1ccno1.CC(C)(C)c1ccon1. The Morgan fingerprint density at radius 3 is 1.55 bits per heavy atom.